The Morgan fingerprint density at radius 1 is 1.50 bits per heavy atom. The molecule has 4 nitrogen and oxygen atoms in total. The molecule has 0 unspecified atom stereocenters. The lowest BCUT2D eigenvalue weighted by molar-refractivity contribution is 0.0697. The van der Waals surface area contributed by atoms with Crippen molar-refractivity contribution in [2.75, 3.05) is 5.32 Å². The molecule has 0 bridgehead atoms. The first kappa shape index (κ1) is 12.6. The Labute approximate surface area is 109 Å². The zero-order valence-corrected chi connectivity index (χ0v) is 11.0. The van der Waals surface area contributed by atoms with Crippen molar-refractivity contribution in [3.63, 3.8) is 0 Å². The number of anilines is 1. The number of hydrogen-bond acceptors (Lipinski definition) is 4. The Bertz CT molecular complexity index is 559. The standard InChI is InChI=1S/C13H14N2O2S/c1-8-5-10(18-9(8)2)6-15-12-3-4-14-7-11(12)13(16)17/h3-5,7H,6H2,1-2H3,(H,14,15)(H,16,17). The van der Waals surface area contributed by atoms with Gasteiger partial charge >= 0.3 is 5.97 Å². The molecule has 2 aromatic rings. The van der Waals surface area contributed by atoms with Crippen molar-refractivity contribution in [2.24, 2.45) is 0 Å². The van der Waals surface area contributed by atoms with Crippen molar-refractivity contribution in [1.82, 2.24) is 4.98 Å². The Morgan fingerprint density at radius 3 is 2.89 bits per heavy atom. The summed E-state index contributed by atoms with van der Waals surface area (Å²) in [6.07, 6.45) is 2.94. The fourth-order valence-electron chi connectivity index (χ4n) is 1.64. The quantitative estimate of drug-likeness (QED) is 0.889. The minimum Gasteiger partial charge on any atom is -0.478 e. The highest BCUT2D eigenvalue weighted by Gasteiger charge is 2.09. The van der Waals surface area contributed by atoms with E-state index >= 15 is 0 Å². The summed E-state index contributed by atoms with van der Waals surface area (Å²) in [5.41, 5.74) is 2.06. The van der Waals surface area contributed by atoms with E-state index in [-0.39, 0.29) is 5.56 Å². The maximum Gasteiger partial charge on any atom is 0.339 e. The molecule has 2 rings (SSSR count). The summed E-state index contributed by atoms with van der Waals surface area (Å²) >= 11 is 1.72. The second-order valence-corrected chi connectivity index (χ2v) is 5.37. The van der Waals surface area contributed by atoms with Crippen LogP contribution in [0.15, 0.2) is 24.5 Å². The van der Waals surface area contributed by atoms with Gasteiger partial charge in [-0.05, 0) is 31.5 Å². The third kappa shape index (κ3) is 2.68. The van der Waals surface area contributed by atoms with Gasteiger partial charge in [-0.25, -0.2) is 4.79 Å². The fraction of sp³-hybridized carbons (Fsp3) is 0.231. The largest absolute Gasteiger partial charge is 0.478 e. The van der Waals surface area contributed by atoms with E-state index in [0.29, 0.717) is 12.2 Å². The average molecular weight is 262 g/mol. The van der Waals surface area contributed by atoms with Gasteiger partial charge in [-0.15, -0.1) is 11.3 Å². The topological polar surface area (TPSA) is 62.2 Å². The molecule has 5 heteroatoms. The van der Waals surface area contributed by atoms with Gasteiger partial charge in [-0.2, -0.15) is 0 Å². The maximum absolute atomic E-state index is 11.0. The molecule has 0 aliphatic rings. The lowest BCUT2D eigenvalue weighted by Crippen LogP contribution is -2.06. The van der Waals surface area contributed by atoms with Crippen LogP contribution in [0.2, 0.25) is 0 Å². The van der Waals surface area contributed by atoms with Crippen LogP contribution < -0.4 is 5.32 Å². The first-order valence-electron chi connectivity index (χ1n) is 5.55. The third-order valence-electron chi connectivity index (χ3n) is 2.72. The van der Waals surface area contributed by atoms with Crippen molar-refractivity contribution in [1.29, 1.82) is 0 Å². The van der Waals surface area contributed by atoms with Crippen LogP contribution in [0.5, 0.6) is 0 Å². The van der Waals surface area contributed by atoms with Gasteiger partial charge in [0.25, 0.3) is 0 Å². The normalized spacial score (nSPS) is 10.3. The minimum atomic E-state index is -0.968. The van der Waals surface area contributed by atoms with Crippen molar-refractivity contribution < 1.29 is 9.90 Å². The first-order chi connectivity index (χ1) is 8.58. The zero-order valence-electron chi connectivity index (χ0n) is 10.2. The van der Waals surface area contributed by atoms with Gasteiger partial charge in [0.2, 0.25) is 0 Å². The molecule has 2 aromatic heterocycles. The third-order valence-corrected chi connectivity index (χ3v) is 3.87. The smallest absolute Gasteiger partial charge is 0.339 e. The van der Waals surface area contributed by atoms with Crippen LogP contribution >= 0.6 is 11.3 Å². The number of rotatable bonds is 4. The summed E-state index contributed by atoms with van der Waals surface area (Å²) in [4.78, 5) is 17.3. The molecule has 0 atom stereocenters. The highest BCUT2D eigenvalue weighted by Crippen LogP contribution is 2.22. The molecule has 0 saturated heterocycles. The molecule has 94 valence electrons. The van der Waals surface area contributed by atoms with E-state index in [1.54, 1.807) is 23.6 Å². The molecular formula is C13H14N2O2S. The van der Waals surface area contributed by atoms with Crippen molar-refractivity contribution in [2.45, 2.75) is 20.4 Å². The molecule has 0 spiro atoms. The van der Waals surface area contributed by atoms with Crippen molar-refractivity contribution in [3.8, 4) is 0 Å². The number of aryl methyl sites for hydroxylation is 2. The summed E-state index contributed by atoms with van der Waals surface area (Å²) in [6, 6.07) is 3.80. The number of carboxylic acid groups (broad SMARTS) is 1. The van der Waals surface area contributed by atoms with E-state index in [1.165, 1.54) is 21.5 Å². The molecule has 0 aliphatic carbocycles. The van der Waals surface area contributed by atoms with Gasteiger partial charge in [-0.3, -0.25) is 4.98 Å². The van der Waals surface area contributed by atoms with Crippen LogP contribution in [-0.2, 0) is 6.54 Å². The van der Waals surface area contributed by atoms with E-state index in [1.807, 2.05) is 0 Å². The molecule has 0 radical (unpaired) electrons. The number of aromatic carboxylic acids is 1. The van der Waals surface area contributed by atoms with Gasteiger partial charge < -0.3 is 10.4 Å². The molecule has 2 N–H and O–H groups in total. The Kier molecular flexibility index (Phi) is 3.62. The van der Waals surface area contributed by atoms with E-state index in [2.05, 4.69) is 30.2 Å². The number of nitrogens with zero attached hydrogens (tertiary/aromatic N) is 1. The monoisotopic (exact) mass is 262 g/mol. The van der Waals surface area contributed by atoms with E-state index in [4.69, 9.17) is 5.11 Å². The number of carbonyl (C=O) groups is 1. The lowest BCUT2D eigenvalue weighted by atomic mass is 10.2. The summed E-state index contributed by atoms with van der Waals surface area (Å²) in [7, 11) is 0. The average Bonchev–Trinajstić information content (AvgIpc) is 2.66. The Balaban J connectivity index is 2.13. The van der Waals surface area contributed by atoms with Crippen molar-refractivity contribution >= 4 is 23.0 Å². The Morgan fingerprint density at radius 2 is 2.28 bits per heavy atom. The fourth-order valence-corrected chi connectivity index (χ4v) is 2.63. The van der Waals surface area contributed by atoms with E-state index < -0.39 is 5.97 Å². The summed E-state index contributed by atoms with van der Waals surface area (Å²) in [5, 5.41) is 12.2. The zero-order chi connectivity index (χ0) is 13.1. The van der Waals surface area contributed by atoms with Gasteiger partial charge in [0, 0.05) is 28.7 Å². The maximum atomic E-state index is 11.0. The van der Waals surface area contributed by atoms with Crippen LogP contribution in [0.4, 0.5) is 5.69 Å². The molecule has 0 aliphatic heterocycles. The van der Waals surface area contributed by atoms with E-state index in [9.17, 15) is 4.79 Å². The molecule has 2 heterocycles. The number of pyridine rings is 1. The van der Waals surface area contributed by atoms with Crippen LogP contribution in [0.3, 0.4) is 0 Å². The molecule has 0 amide bonds. The van der Waals surface area contributed by atoms with Crippen LogP contribution in [-0.4, -0.2) is 16.1 Å². The van der Waals surface area contributed by atoms with E-state index in [0.717, 1.165) is 0 Å². The first-order valence-corrected chi connectivity index (χ1v) is 6.36. The van der Waals surface area contributed by atoms with Gasteiger partial charge in [0.1, 0.15) is 5.56 Å². The predicted octanol–water partition coefficient (Wildman–Crippen LogP) is 3.07. The van der Waals surface area contributed by atoms with Gasteiger partial charge in [0.15, 0.2) is 0 Å². The number of carboxylic acids is 1. The molecule has 0 saturated carbocycles. The number of nitrogens with one attached hydrogen (secondary N) is 1. The Hall–Kier alpha value is -1.88. The second kappa shape index (κ2) is 5.18. The lowest BCUT2D eigenvalue weighted by Gasteiger charge is -2.07. The van der Waals surface area contributed by atoms with Crippen LogP contribution in [0, 0.1) is 13.8 Å². The predicted molar refractivity (Wildman–Crippen MR) is 72.3 cm³/mol. The SMILES string of the molecule is Cc1cc(CNc2ccncc2C(=O)O)sc1C. The highest BCUT2D eigenvalue weighted by molar-refractivity contribution is 7.12. The summed E-state index contributed by atoms with van der Waals surface area (Å²) in [5.74, 6) is -0.968. The summed E-state index contributed by atoms with van der Waals surface area (Å²) in [6.45, 7) is 4.78. The molecule has 0 aromatic carbocycles. The highest BCUT2D eigenvalue weighted by atomic mass is 32.1. The molecular weight excluding hydrogens is 248 g/mol. The molecule has 18 heavy (non-hydrogen) atoms. The molecule has 0 fully saturated rings. The number of aromatic nitrogens is 1. The van der Waals surface area contributed by atoms with Crippen LogP contribution in [0.25, 0.3) is 0 Å². The number of thiophene rings is 1. The van der Waals surface area contributed by atoms with Gasteiger partial charge in [-0.1, -0.05) is 0 Å². The second-order valence-electron chi connectivity index (χ2n) is 4.03. The van der Waals surface area contributed by atoms with Crippen LogP contribution in [0.1, 0.15) is 25.7 Å². The number of hydrogen-bond donors (Lipinski definition) is 2. The minimum absolute atomic E-state index is 0.197. The van der Waals surface area contributed by atoms with Gasteiger partial charge in [0.05, 0.1) is 5.69 Å². The van der Waals surface area contributed by atoms with Crippen molar-refractivity contribution in [3.05, 3.63) is 45.4 Å². The summed E-state index contributed by atoms with van der Waals surface area (Å²) < 4.78 is 0.